The molecule has 5 heteroatoms. The summed E-state index contributed by atoms with van der Waals surface area (Å²) in [5.41, 5.74) is 7.21. The predicted molar refractivity (Wildman–Crippen MR) is 76.9 cm³/mol. The van der Waals surface area contributed by atoms with Crippen LogP contribution in [0.25, 0.3) is 0 Å². The molecule has 0 aliphatic carbocycles. The molecule has 0 aliphatic heterocycles. The van der Waals surface area contributed by atoms with Crippen molar-refractivity contribution >= 4 is 34.5 Å². The molecule has 17 heavy (non-hydrogen) atoms. The minimum Gasteiger partial charge on any atom is -0.395 e. The summed E-state index contributed by atoms with van der Waals surface area (Å²) in [7, 11) is 0. The summed E-state index contributed by atoms with van der Waals surface area (Å²) in [6.45, 7) is 3.61. The number of hydrogen-bond acceptors (Lipinski definition) is 3. The number of benzene rings is 1. The normalized spacial score (nSPS) is 10.3. The lowest BCUT2D eigenvalue weighted by molar-refractivity contribution is 0.302. The highest BCUT2D eigenvalue weighted by Crippen LogP contribution is 2.27. The molecule has 3 N–H and O–H groups in total. The van der Waals surface area contributed by atoms with Crippen molar-refractivity contribution in [2.24, 2.45) is 5.73 Å². The van der Waals surface area contributed by atoms with Gasteiger partial charge in [-0.15, -0.1) is 0 Å². The first-order valence-electron chi connectivity index (χ1n) is 5.55. The molecular weight excluding hydrogens is 256 g/mol. The van der Waals surface area contributed by atoms with E-state index in [1.165, 1.54) is 0 Å². The van der Waals surface area contributed by atoms with Gasteiger partial charge in [0.05, 0.1) is 17.3 Å². The number of nitrogens with zero attached hydrogens (tertiary/aromatic N) is 1. The van der Waals surface area contributed by atoms with E-state index in [4.69, 9.17) is 34.7 Å². The van der Waals surface area contributed by atoms with Gasteiger partial charge in [0.1, 0.15) is 4.99 Å². The average Bonchev–Trinajstić information content (AvgIpc) is 2.28. The fourth-order valence-corrected chi connectivity index (χ4v) is 2.09. The highest BCUT2D eigenvalue weighted by Gasteiger charge is 2.10. The fourth-order valence-electron chi connectivity index (χ4n) is 1.66. The third-order valence-electron chi connectivity index (χ3n) is 2.44. The van der Waals surface area contributed by atoms with Crippen LogP contribution in [0.1, 0.15) is 18.9 Å². The van der Waals surface area contributed by atoms with Gasteiger partial charge in [-0.3, -0.25) is 0 Å². The molecule has 0 radical (unpaired) electrons. The molecule has 0 amide bonds. The summed E-state index contributed by atoms with van der Waals surface area (Å²) < 4.78 is 0. The van der Waals surface area contributed by atoms with Crippen molar-refractivity contribution in [1.29, 1.82) is 0 Å². The van der Waals surface area contributed by atoms with E-state index in [0.29, 0.717) is 16.6 Å². The second-order valence-corrected chi connectivity index (χ2v) is 4.59. The molecule has 1 aromatic rings. The lowest BCUT2D eigenvalue weighted by Crippen LogP contribution is -2.27. The number of aliphatic hydroxyl groups is 1. The fraction of sp³-hybridized carbons (Fsp3) is 0.417. The second kappa shape index (κ2) is 6.79. The molecule has 1 aromatic carbocycles. The molecule has 0 unspecified atom stereocenters. The van der Waals surface area contributed by atoms with Gasteiger partial charge in [-0.2, -0.15) is 0 Å². The first-order valence-corrected chi connectivity index (χ1v) is 6.34. The number of rotatable bonds is 6. The van der Waals surface area contributed by atoms with Crippen LogP contribution >= 0.6 is 23.8 Å². The lowest BCUT2D eigenvalue weighted by atomic mass is 10.2. The van der Waals surface area contributed by atoms with Gasteiger partial charge in [0.25, 0.3) is 0 Å². The van der Waals surface area contributed by atoms with Crippen LogP contribution in [-0.4, -0.2) is 29.8 Å². The van der Waals surface area contributed by atoms with E-state index in [1.54, 1.807) is 6.07 Å². The maximum absolute atomic E-state index is 9.03. The van der Waals surface area contributed by atoms with Crippen molar-refractivity contribution in [1.82, 2.24) is 0 Å². The van der Waals surface area contributed by atoms with Gasteiger partial charge in [0.15, 0.2) is 0 Å². The van der Waals surface area contributed by atoms with Gasteiger partial charge in [0.2, 0.25) is 0 Å². The van der Waals surface area contributed by atoms with Gasteiger partial charge in [-0.05, 0) is 24.6 Å². The molecule has 0 saturated carbocycles. The minimum atomic E-state index is 0.105. The van der Waals surface area contributed by atoms with Gasteiger partial charge >= 0.3 is 0 Å². The maximum Gasteiger partial charge on any atom is 0.104 e. The van der Waals surface area contributed by atoms with E-state index in [2.05, 4.69) is 6.92 Å². The molecule has 0 bridgehead atoms. The zero-order chi connectivity index (χ0) is 12.8. The Bertz CT molecular complexity index is 392. The maximum atomic E-state index is 9.03. The summed E-state index contributed by atoms with van der Waals surface area (Å²) in [4.78, 5) is 2.38. The topological polar surface area (TPSA) is 49.5 Å². The van der Waals surface area contributed by atoms with E-state index in [-0.39, 0.29) is 6.61 Å². The largest absolute Gasteiger partial charge is 0.395 e. The number of thiocarbonyl (C=S) groups is 1. The Morgan fingerprint density at radius 1 is 1.47 bits per heavy atom. The molecule has 0 spiro atoms. The zero-order valence-corrected chi connectivity index (χ0v) is 11.4. The summed E-state index contributed by atoms with van der Waals surface area (Å²) >= 11 is 11.1. The van der Waals surface area contributed by atoms with Crippen molar-refractivity contribution in [3.63, 3.8) is 0 Å². The van der Waals surface area contributed by atoms with Gasteiger partial charge in [0, 0.05) is 18.7 Å². The van der Waals surface area contributed by atoms with Crippen LogP contribution in [-0.2, 0) is 0 Å². The molecular formula is C12H17ClN2OS. The highest BCUT2D eigenvalue weighted by molar-refractivity contribution is 7.80. The number of aliphatic hydroxyl groups excluding tert-OH is 1. The van der Waals surface area contributed by atoms with Crippen LogP contribution in [0, 0.1) is 0 Å². The van der Waals surface area contributed by atoms with Crippen molar-refractivity contribution in [3.05, 3.63) is 28.8 Å². The molecule has 0 saturated heterocycles. The third kappa shape index (κ3) is 3.84. The smallest absolute Gasteiger partial charge is 0.104 e. The van der Waals surface area contributed by atoms with Crippen LogP contribution < -0.4 is 10.6 Å². The van der Waals surface area contributed by atoms with Crippen LogP contribution in [0.2, 0.25) is 5.02 Å². The highest BCUT2D eigenvalue weighted by atomic mass is 35.5. The van der Waals surface area contributed by atoms with Crippen LogP contribution in [0.4, 0.5) is 5.69 Å². The van der Waals surface area contributed by atoms with E-state index < -0.39 is 0 Å². The molecule has 1 rings (SSSR count). The van der Waals surface area contributed by atoms with Gasteiger partial charge in [-0.25, -0.2) is 0 Å². The second-order valence-electron chi connectivity index (χ2n) is 3.74. The number of halogens is 1. The Labute approximate surface area is 112 Å². The Kier molecular flexibility index (Phi) is 5.68. The average molecular weight is 273 g/mol. The van der Waals surface area contributed by atoms with Gasteiger partial charge < -0.3 is 15.7 Å². The Hall–Kier alpha value is -0.840. The Morgan fingerprint density at radius 2 is 2.18 bits per heavy atom. The lowest BCUT2D eigenvalue weighted by Gasteiger charge is -2.24. The summed E-state index contributed by atoms with van der Waals surface area (Å²) in [5, 5.41) is 9.64. The first kappa shape index (κ1) is 14.2. The van der Waals surface area contributed by atoms with Crippen molar-refractivity contribution < 1.29 is 5.11 Å². The van der Waals surface area contributed by atoms with E-state index >= 15 is 0 Å². The Balaban J connectivity index is 2.99. The molecule has 3 nitrogen and oxygen atoms in total. The molecule has 0 heterocycles. The van der Waals surface area contributed by atoms with Crippen molar-refractivity contribution in [2.75, 3.05) is 24.6 Å². The summed E-state index contributed by atoms with van der Waals surface area (Å²) in [5.74, 6) is 0. The molecule has 0 aromatic heterocycles. The third-order valence-corrected chi connectivity index (χ3v) is 2.97. The first-order chi connectivity index (χ1) is 8.10. The molecule has 94 valence electrons. The van der Waals surface area contributed by atoms with E-state index in [0.717, 1.165) is 24.2 Å². The molecule has 0 aliphatic rings. The number of hydrogen-bond donors (Lipinski definition) is 2. The van der Waals surface area contributed by atoms with Crippen LogP contribution in [0.15, 0.2) is 18.2 Å². The molecule has 0 atom stereocenters. The SMILES string of the molecule is CCCN(CCO)c1ccc(C(N)=S)cc1Cl. The van der Waals surface area contributed by atoms with Crippen molar-refractivity contribution in [2.45, 2.75) is 13.3 Å². The van der Waals surface area contributed by atoms with Crippen molar-refractivity contribution in [3.8, 4) is 0 Å². The minimum absolute atomic E-state index is 0.105. The van der Waals surface area contributed by atoms with Gasteiger partial charge in [-0.1, -0.05) is 30.7 Å². The summed E-state index contributed by atoms with van der Waals surface area (Å²) in [6, 6.07) is 5.50. The quantitative estimate of drug-likeness (QED) is 0.780. The zero-order valence-electron chi connectivity index (χ0n) is 9.82. The standard InChI is InChI=1S/C12H17ClN2OS/c1-2-5-15(6-7-16)11-4-3-9(12(14)17)8-10(11)13/h3-4,8,16H,2,5-7H2,1H3,(H2,14,17). The van der Waals surface area contributed by atoms with E-state index in [9.17, 15) is 0 Å². The summed E-state index contributed by atoms with van der Waals surface area (Å²) in [6.07, 6.45) is 0.993. The number of anilines is 1. The predicted octanol–water partition coefficient (Wildman–Crippen LogP) is 2.18. The Morgan fingerprint density at radius 3 is 2.65 bits per heavy atom. The van der Waals surface area contributed by atoms with Crippen LogP contribution in [0.3, 0.4) is 0 Å². The number of nitrogens with two attached hydrogens (primary N) is 1. The van der Waals surface area contributed by atoms with E-state index in [1.807, 2.05) is 17.0 Å². The molecule has 0 fully saturated rings. The monoisotopic (exact) mass is 272 g/mol. The van der Waals surface area contributed by atoms with Crippen LogP contribution in [0.5, 0.6) is 0 Å².